The molecule has 21 heteroatoms. The standard InChI is InChI=1S/2C26H23NO3S.C25H20FNO3S.C25H21NO3S/c1-17-3-7-19(8-4-17)24(29)26-25(22-12-9-20(28)15-23(22)31-26)30-21-10-5-18(6-11-21)16-27-13-2-14-27;1-17-5-2-3-6-21(17)24(29)26-25(22-12-9-19(28)15-23(22)31-26)30-20-10-7-18(8-11-20)16-27-13-4-14-27;26-18-6-4-17(5-7-18)23(29)25-24(21-11-8-19(28)14-22(21)31-25)30-20-9-2-16(3-10-20)15-27-12-1-13-27;27-19-9-12-21-22(15-19)30-25(23(28)18-5-2-1-3-6-18)24(21)29-20-10-7-17(8-11-20)16-26-13-4-14-26/h3-12,15,28H,2,13-14,16H2,1H3;2-3,5-12,15,28H,4,13-14,16H2,1H3;2-11,14,28H,1,12-13,15H2;1-3,5-12,15,27H,4,13-14,16H2. The van der Waals surface area contributed by atoms with E-state index < -0.39 is 5.82 Å². The largest absolute Gasteiger partial charge is 0.508 e. The molecule has 0 spiro atoms. The first kappa shape index (κ1) is 82.6. The number of likely N-dealkylation sites (tertiary alicyclic amines) is 4. The lowest BCUT2D eigenvalue weighted by atomic mass is 10.0. The lowest BCUT2D eigenvalue weighted by Gasteiger charge is -2.30. The van der Waals surface area contributed by atoms with E-state index in [4.69, 9.17) is 18.9 Å². The number of phenolic OH excluding ortho intramolecular Hbond substituents is 4. The number of carbonyl (C=O) groups is 4. The number of ketones is 4. The van der Waals surface area contributed by atoms with Crippen molar-refractivity contribution in [3.8, 4) is 69.0 Å². The number of rotatable bonds is 24. The van der Waals surface area contributed by atoms with Crippen molar-refractivity contribution in [2.45, 2.75) is 65.7 Å². The molecule has 123 heavy (non-hydrogen) atoms. The molecule has 16 aromatic rings. The van der Waals surface area contributed by atoms with Crippen LogP contribution in [0, 0.1) is 19.7 Å². The van der Waals surface area contributed by atoms with Crippen LogP contribution in [0.5, 0.6) is 69.0 Å². The molecule has 0 radical (unpaired) electrons. The van der Waals surface area contributed by atoms with Gasteiger partial charge in [0.05, 0.1) is 0 Å². The molecular weight excluding hydrogens is 1620 g/mol. The van der Waals surface area contributed by atoms with E-state index in [0.29, 0.717) is 87.8 Å². The van der Waals surface area contributed by atoms with Gasteiger partial charge in [-0.3, -0.25) is 38.8 Å². The third-order valence-corrected chi connectivity index (χ3v) is 26.7. The van der Waals surface area contributed by atoms with Crippen molar-refractivity contribution in [3.05, 3.63) is 354 Å². The average Bonchev–Trinajstić information content (AvgIpc) is 1.64. The molecule has 0 aliphatic carbocycles. The van der Waals surface area contributed by atoms with E-state index in [-0.39, 0.29) is 46.1 Å². The molecule has 4 N–H and O–H groups in total. The Kier molecular flexibility index (Phi) is 25.1. The Bertz CT molecular complexity index is 6320. The molecule has 16 nitrogen and oxygen atoms in total. The van der Waals surface area contributed by atoms with Crippen LogP contribution in [-0.4, -0.2) is 116 Å². The number of ether oxygens (including phenoxy) is 4. The van der Waals surface area contributed by atoms with Gasteiger partial charge < -0.3 is 39.4 Å². The minimum atomic E-state index is -0.396. The Balaban J connectivity index is 0.000000116. The number of fused-ring (bicyclic) bond motifs is 4. The number of phenols is 4. The van der Waals surface area contributed by atoms with Gasteiger partial charge in [-0.05, 0) is 265 Å². The zero-order valence-electron chi connectivity index (χ0n) is 67.6. The van der Waals surface area contributed by atoms with Crippen molar-refractivity contribution >= 4 is 109 Å². The SMILES string of the molecule is Cc1ccc(C(=O)c2sc3cc(O)ccc3c2Oc2ccc(CN3CCC3)cc2)cc1.Cc1ccccc1C(=O)c1sc2cc(O)ccc2c1Oc1ccc(CN2CCC2)cc1.O=C(c1ccc(F)cc1)c1sc2cc(O)ccc2c1Oc1ccc(CN2CCC2)cc1.O=C(c1ccccc1)c1sc2cc(O)ccc2c1Oc1ccc(CN2CCC2)cc1. The summed E-state index contributed by atoms with van der Waals surface area (Å²) in [5.41, 5.74) is 9.28. The molecule has 0 amide bonds. The van der Waals surface area contributed by atoms with Crippen LogP contribution in [0.2, 0.25) is 0 Å². The van der Waals surface area contributed by atoms with Crippen molar-refractivity contribution in [2.24, 2.45) is 0 Å². The number of hydrogen-bond acceptors (Lipinski definition) is 20. The first-order chi connectivity index (χ1) is 59.9. The fraction of sp³-hybridized carbons (Fsp3) is 0.176. The summed E-state index contributed by atoms with van der Waals surface area (Å²) < 4.78 is 41.5. The lowest BCUT2D eigenvalue weighted by Crippen LogP contribution is -2.36. The third kappa shape index (κ3) is 19.5. The Hall–Kier alpha value is -12.7. The highest BCUT2D eigenvalue weighted by molar-refractivity contribution is 7.22. The van der Waals surface area contributed by atoms with Crippen molar-refractivity contribution in [2.75, 3.05) is 52.4 Å². The second-order valence-electron chi connectivity index (χ2n) is 31.1. The summed E-state index contributed by atoms with van der Waals surface area (Å²) in [6, 6.07) is 82.1. The molecule has 12 aromatic carbocycles. The van der Waals surface area contributed by atoms with Gasteiger partial charge in [0, 0.05) is 88.8 Å². The van der Waals surface area contributed by atoms with Crippen molar-refractivity contribution in [1.29, 1.82) is 0 Å². The van der Waals surface area contributed by atoms with Gasteiger partial charge in [-0.1, -0.05) is 133 Å². The van der Waals surface area contributed by atoms with Crippen LogP contribution in [-0.2, 0) is 26.2 Å². The lowest BCUT2D eigenvalue weighted by molar-refractivity contribution is 0.103. The van der Waals surface area contributed by atoms with Crippen LogP contribution in [0.25, 0.3) is 40.3 Å². The van der Waals surface area contributed by atoms with Crippen molar-refractivity contribution in [3.63, 3.8) is 0 Å². The first-order valence-electron chi connectivity index (χ1n) is 41.0. The Morgan fingerprint density at radius 2 is 0.577 bits per heavy atom. The second-order valence-corrected chi connectivity index (χ2v) is 35.3. The van der Waals surface area contributed by atoms with Crippen LogP contribution >= 0.6 is 45.3 Å². The van der Waals surface area contributed by atoms with Crippen molar-refractivity contribution < 1.29 is 62.9 Å². The van der Waals surface area contributed by atoms with Gasteiger partial charge in [0.15, 0.2) is 23.0 Å². The van der Waals surface area contributed by atoms with Crippen LogP contribution in [0.1, 0.15) is 120 Å². The highest BCUT2D eigenvalue weighted by Gasteiger charge is 2.29. The zero-order chi connectivity index (χ0) is 84.6. The van der Waals surface area contributed by atoms with E-state index in [1.807, 2.05) is 147 Å². The molecule has 4 aliphatic heterocycles. The quantitative estimate of drug-likeness (QED) is 0.0416. The summed E-state index contributed by atoms with van der Waals surface area (Å²) in [5, 5.41) is 42.8. The molecule has 20 rings (SSSR count). The highest BCUT2D eigenvalue weighted by Crippen LogP contribution is 2.48. The minimum Gasteiger partial charge on any atom is -0.508 e. The Morgan fingerprint density at radius 1 is 0.309 bits per heavy atom. The molecule has 0 bridgehead atoms. The third-order valence-electron chi connectivity index (χ3n) is 22.2. The number of halogens is 1. The van der Waals surface area contributed by atoms with E-state index in [1.165, 1.54) is 118 Å². The molecule has 4 saturated heterocycles. The minimum absolute atomic E-state index is 0.0665. The maximum absolute atomic E-state index is 13.4. The number of hydrogen-bond donors (Lipinski definition) is 4. The fourth-order valence-corrected chi connectivity index (χ4v) is 19.3. The molecule has 0 unspecified atom stereocenters. The Morgan fingerprint density at radius 3 is 0.862 bits per heavy atom. The number of aryl methyl sites for hydroxylation is 2. The number of nitrogens with zero attached hydrogens (tertiary/aromatic N) is 4. The number of benzene rings is 12. The van der Waals surface area contributed by atoms with E-state index in [0.717, 1.165) is 130 Å². The van der Waals surface area contributed by atoms with Gasteiger partial charge in [-0.25, -0.2) is 4.39 Å². The molecule has 4 aromatic heterocycles. The fourth-order valence-electron chi connectivity index (χ4n) is 14.8. The van der Waals surface area contributed by atoms with Crippen LogP contribution < -0.4 is 18.9 Å². The summed E-state index contributed by atoms with van der Waals surface area (Å²) >= 11 is 5.29. The summed E-state index contributed by atoms with van der Waals surface area (Å²) in [5.74, 6) is 4.56. The van der Waals surface area contributed by atoms with E-state index >= 15 is 0 Å². The molecular formula is C102H87FN4O12S4. The van der Waals surface area contributed by atoms with Gasteiger partial charge in [-0.2, -0.15) is 0 Å². The molecule has 0 atom stereocenters. The normalized spacial score (nSPS) is 13.8. The van der Waals surface area contributed by atoms with Crippen molar-refractivity contribution in [1.82, 2.24) is 19.6 Å². The predicted molar refractivity (Wildman–Crippen MR) is 489 cm³/mol. The van der Waals surface area contributed by atoms with Crippen LogP contribution in [0.3, 0.4) is 0 Å². The maximum Gasteiger partial charge on any atom is 0.207 e. The van der Waals surface area contributed by atoms with Gasteiger partial charge in [-0.15, -0.1) is 45.3 Å². The number of carbonyl (C=O) groups excluding carboxylic acids is 4. The molecule has 8 heterocycles. The van der Waals surface area contributed by atoms with Crippen LogP contribution in [0.15, 0.2) is 273 Å². The summed E-state index contributed by atoms with van der Waals surface area (Å²) in [6.45, 7) is 17.0. The number of thiophene rings is 4. The monoisotopic (exact) mass is 1710 g/mol. The maximum atomic E-state index is 13.4. The molecule has 4 fully saturated rings. The first-order valence-corrected chi connectivity index (χ1v) is 44.3. The smallest absolute Gasteiger partial charge is 0.207 e. The zero-order valence-corrected chi connectivity index (χ0v) is 70.9. The van der Waals surface area contributed by atoms with E-state index in [9.17, 15) is 44.0 Å². The topological polar surface area (TPSA) is 199 Å². The Labute approximate surface area is 727 Å². The highest BCUT2D eigenvalue weighted by atomic mass is 32.1. The predicted octanol–water partition coefficient (Wildman–Crippen LogP) is 24.1. The summed E-state index contributed by atoms with van der Waals surface area (Å²) in [7, 11) is 0. The van der Waals surface area contributed by atoms with Gasteiger partial charge in [0.1, 0.15) is 71.3 Å². The summed E-state index contributed by atoms with van der Waals surface area (Å²) in [6.07, 6.45) is 5.09. The summed E-state index contributed by atoms with van der Waals surface area (Å²) in [4.78, 5) is 64.7. The average molecular weight is 1710 g/mol. The van der Waals surface area contributed by atoms with Crippen LogP contribution in [0.4, 0.5) is 4.39 Å². The molecule has 4 aliphatic rings. The van der Waals surface area contributed by atoms with Gasteiger partial charge in [0.25, 0.3) is 0 Å². The molecule has 0 saturated carbocycles. The van der Waals surface area contributed by atoms with E-state index in [2.05, 4.69) is 56.0 Å². The number of aromatic hydroxyl groups is 4. The second kappa shape index (κ2) is 37.4. The molecule has 618 valence electrons. The van der Waals surface area contributed by atoms with E-state index in [1.54, 1.807) is 78.9 Å². The van der Waals surface area contributed by atoms with Gasteiger partial charge in [0.2, 0.25) is 23.1 Å². The van der Waals surface area contributed by atoms with Gasteiger partial charge >= 0.3 is 0 Å².